The Hall–Kier alpha value is -2.58. The van der Waals surface area contributed by atoms with Gasteiger partial charge < -0.3 is 9.15 Å². The largest absolute Gasteiger partial charge is 0.466 e. The first-order valence-corrected chi connectivity index (χ1v) is 9.29. The molecule has 0 radical (unpaired) electrons. The van der Waals surface area contributed by atoms with E-state index in [1.165, 1.54) is 17.7 Å². The molecule has 0 aliphatic carbocycles. The summed E-state index contributed by atoms with van der Waals surface area (Å²) in [6, 6.07) is 5.56. The van der Waals surface area contributed by atoms with Crippen LogP contribution in [0.3, 0.4) is 0 Å². The van der Waals surface area contributed by atoms with Crippen molar-refractivity contribution in [2.24, 2.45) is 0 Å². The van der Waals surface area contributed by atoms with Gasteiger partial charge in [0.05, 0.1) is 24.4 Å². The lowest BCUT2D eigenvalue weighted by atomic mass is 10.1. The predicted molar refractivity (Wildman–Crippen MR) is 96.4 cm³/mol. The molecule has 0 bridgehead atoms. The number of benzene rings is 1. The molecule has 3 aromatic rings. The van der Waals surface area contributed by atoms with Crippen LogP contribution in [0, 0.1) is 25.5 Å². The summed E-state index contributed by atoms with van der Waals surface area (Å²) < 4.78 is 41.0. The first kappa shape index (κ1) is 17.5. The van der Waals surface area contributed by atoms with Gasteiger partial charge in [0.15, 0.2) is 0 Å². The second-order valence-corrected chi connectivity index (χ2v) is 7.50. The second-order valence-electron chi connectivity index (χ2n) is 7.50. The summed E-state index contributed by atoms with van der Waals surface area (Å²) in [5.74, 6) is 0.577. The van der Waals surface area contributed by atoms with Gasteiger partial charge in [-0.3, -0.25) is 4.90 Å². The van der Waals surface area contributed by atoms with Gasteiger partial charge in [-0.05, 0) is 32.0 Å². The average Bonchev–Trinajstić information content (AvgIpc) is 3.31. The van der Waals surface area contributed by atoms with Gasteiger partial charge in [0.2, 0.25) is 0 Å². The van der Waals surface area contributed by atoms with Gasteiger partial charge in [0.1, 0.15) is 28.8 Å². The van der Waals surface area contributed by atoms with Crippen LogP contribution in [0.2, 0.25) is 0 Å². The van der Waals surface area contributed by atoms with Crippen molar-refractivity contribution < 1.29 is 17.9 Å². The maximum Gasteiger partial charge on any atom is 0.135 e. The highest BCUT2D eigenvalue weighted by Gasteiger charge is 2.41. The molecule has 0 saturated carbocycles. The molecule has 6 nitrogen and oxygen atoms in total. The van der Waals surface area contributed by atoms with Gasteiger partial charge >= 0.3 is 0 Å². The van der Waals surface area contributed by atoms with E-state index >= 15 is 0 Å². The summed E-state index contributed by atoms with van der Waals surface area (Å²) in [6.45, 7) is 6.55. The lowest BCUT2D eigenvalue weighted by molar-refractivity contribution is -0.00495. The first-order valence-electron chi connectivity index (χ1n) is 9.29. The van der Waals surface area contributed by atoms with E-state index in [1.807, 2.05) is 18.5 Å². The molecule has 2 aliphatic rings. The van der Waals surface area contributed by atoms with Crippen LogP contribution in [0.15, 0.2) is 28.7 Å². The van der Waals surface area contributed by atoms with Crippen molar-refractivity contribution >= 4 is 0 Å². The van der Waals surface area contributed by atoms with Crippen LogP contribution in [0.4, 0.5) is 8.78 Å². The van der Waals surface area contributed by atoms with Crippen LogP contribution in [-0.4, -0.2) is 39.1 Å². The van der Waals surface area contributed by atoms with Crippen LogP contribution in [-0.2, 0) is 17.9 Å². The third kappa shape index (κ3) is 2.84. The van der Waals surface area contributed by atoms with Crippen molar-refractivity contribution in [2.45, 2.75) is 39.1 Å². The van der Waals surface area contributed by atoms with Crippen LogP contribution in [0.1, 0.15) is 28.8 Å². The Morgan fingerprint density at radius 2 is 2.04 bits per heavy atom. The third-order valence-electron chi connectivity index (χ3n) is 5.58. The van der Waals surface area contributed by atoms with Gasteiger partial charge in [-0.15, -0.1) is 5.10 Å². The third-order valence-corrected chi connectivity index (χ3v) is 5.58. The van der Waals surface area contributed by atoms with Crippen LogP contribution < -0.4 is 0 Å². The fourth-order valence-electron chi connectivity index (χ4n) is 4.23. The molecule has 2 unspecified atom stereocenters. The summed E-state index contributed by atoms with van der Waals surface area (Å²) in [4.78, 5) is 2.31. The van der Waals surface area contributed by atoms with Crippen molar-refractivity contribution in [3.63, 3.8) is 0 Å². The monoisotopic (exact) mass is 386 g/mol. The molecule has 5 rings (SSSR count). The molecule has 28 heavy (non-hydrogen) atoms. The standard InChI is InChI=1S/C20H20F2N4O2/c1-11-5-13(12(2)28-11)7-25-8-17-19(9-25)27-10-18-20(23-24-26(17)18)15-4-3-14(21)6-16(15)22/h3-6,17,19H,7-10H2,1-2H3. The fourth-order valence-corrected chi connectivity index (χ4v) is 4.23. The number of ether oxygens (including phenoxy) is 1. The fraction of sp³-hybridized carbons (Fsp3) is 0.400. The predicted octanol–water partition coefficient (Wildman–Crippen LogP) is 3.39. The maximum absolute atomic E-state index is 14.2. The lowest BCUT2D eigenvalue weighted by Gasteiger charge is -2.26. The second kappa shape index (κ2) is 6.49. The van der Waals surface area contributed by atoms with Gasteiger partial charge in [-0.1, -0.05) is 5.21 Å². The summed E-state index contributed by atoms with van der Waals surface area (Å²) in [5.41, 5.74) is 2.55. The Bertz CT molecular complexity index is 1050. The van der Waals surface area contributed by atoms with E-state index in [4.69, 9.17) is 9.15 Å². The summed E-state index contributed by atoms with van der Waals surface area (Å²) in [6.07, 6.45) is 0.00780. The van der Waals surface area contributed by atoms with Crippen molar-refractivity contribution in [3.05, 3.63) is 58.7 Å². The Kier molecular flexibility index (Phi) is 4.06. The Labute approximate surface area is 160 Å². The zero-order chi connectivity index (χ0) is 19.4. The number of rotatable bonds is 3. The average molecular weight is 386 g/mol. The van der Waals surface area contributed by atoms with E-state index in [9.17, 15) is 8.78 Å². The summed E-state index contributed by atoms with van der Waals surface area (Å²) in [7, 11) is 0. The SMILES string of the molecule is Cc1cc(CN2CC3OCc4c(-c5ccc(F)cc5F)nnn4C3C2)c(C)o1. The van der Waals surface area contributed by atoms with Crippen molar-refractivity contribution in [3.8, 4) is 11.3 Å². The molecule has 146 valence electrons. The normalized spacial score (nSPS) is 21.7. The minimum atomic E-state index is -0.649. The molecule has 2 atom stereocenters. The number of halogens is 2. The molecule has 8 heteroatoms. The summed E-state index contributed by atoms with van der Waals surface area (Å²) in [5, 5.41) is 8.47. The highest BCUT2D eigenvalue weighted by molar-refractivity contribution is 5.62. The quantitative estimate of drug-likeness (QED) is 0.691. The minimum absolute atomic E-state index is 0.00780. The van der Waals surface area contributed by atoms with Gasteiger partial charge in [0, 0.05) is 36.8 Å². The topological polar surface area (TPSA) is 56.3 Å². The molecule has 2 aliphatic heterocycles. The molecule has 0 amide bonds. The van der Waals surface area contributed by atoms with Crippen LogP contribution in [0.5, 0.6) is 0 Å². The van der Waals surface area contributed by atoms with Crippen LogP contribution in [0.25, 0.3) is 11.3 Å². The first-order chi connectivity index (χ1) is 13.5. The number of aryl methyl sites for hydroxylation is 2. The smallest absolute Gasteiger partial charge is 0.135 e. The Morgan fingerprint density at radius 1 is 1.18 bits per heavy atom. The highest BCUT2D eigenvalue weighted by Crippen LogP contribution is 2.35. The number of hydrogen-bond donors (Lipinski definition) is 0. The van der Waals surface area contributed by atoms with E-state index in [-0.39, 0.29) is 17.7 Å². The molecule has 0 spiro atoms. The number of fused-ring (bicyclic) bond motifs is 3. The van der Waals surface area contributed by atoms with E-state index in [0.29, 0.717) is 12.3 Å². The van der Waals surface area contributed by atoms with Crippen molar-refractivity contribution in [1.82, 2.24) is 19.9 Å². The van der Waals surface area contributed by atoms with E-state index in [1.54, 1.807) is 0 Å². The minimum Gasteiger partial charge on any atom is -0.466 e. The van der Waals surface area contributed by atoms with E-state index in [2.05, 4.69) is 21.3 Å². The number of likely N-dealkylation sites (tertiary alicyclic amines) is 1. The summed E-state index contributed by atoms with van der Waals surface area (Å²) >= 11 is 0. The molecule has 4 heterocycles. The lowest BCUT2D eigenvalue weighted by Crippen LogP contribution is -2.32. The van der Waals surface area contributed by atoms with Crippen molar-refractivity contribution in [1.29, 1.82) is 0 Å². The zero-order valence-electron chi connectivity index (χ0n) is 15.7. The van der Waals surface area contributed by atoms with Gasteiger partial charge in [0.25, 0.3) is 0 Å². The van der Waals surface area contributed by atoms with E-state index < -0.39 is 11.6 Å². The number of aromatic nitrogens is 3. The molecule has 1 fully saturated rings. The Balaban J connectivity index is 1.41. The molecule has 2 aromatic heterocycles. The Morgan fingerprint density at radius 3 is 2.79 bits per heavy atom. The number of hydrogen-bond acceptors (Lipinski definition) is 5. The number of nitrogens with zero attached hydrogens (tertiary/aromatic N) is 4. The molecule has 1 saturated heterocycles. The van der Waals surface area contributed by atoms with Gasteiger partial charge in [-0.25, -0.2) is 13.5 Å². The van der Waals surface area contributed by atoms with Crippen molar-refractivity contribution in [2.75, 3.05) is 13.1 Å². The molecule has 0 N–H and O–H groups in total. The van der Waals surface area contributed by atoms with Crippen LogP contribution >= 0.6 is 0 Å². The molecule has 1 aromatic carbocycles. The zero-order valence-corrected chi connectivity index (χ0v) is 15.7. The maximum atomic E-state index is 14.2. The molecular formula is C20H20F2N4O2. The van der Waals surface area contributed by atoms with Gasteiger partial charge in [-0.2, -0.15) is 0 Å². The van der Waals surface area contributed by atoms with E-state index in [0.717, 1.165) is 42.9 Å². The highest BCUT2D eigenvalue weighted by atomic mass is 19.1. The number of furan rings is 1. The molecular weight excluding hydrogens is 366 g/mol.